The molecule has 1 N–H and O–H groups in total. The van der Waals surface area contributed by atoms with E-state index in [1.54, 1.807) is 0 Å². The van der Waals surface area contributed by atoms with Gasteiger partial charge in [-0.05, 0) is 23.6 Å². The second-order valence-electron chi connectivity index (χ2n) is 3.20. The molecule has 0 heterocycles. The molecule has 0 saturated carbocycles. The number of hydrogen-bond donors (Lipinski definition) is 1. The van der Waals surface area contributed by atoms with Crippen LogP contribution >= 0.6 is 0 Å². The van der Waals surface area contributed by atoms with Crippen LogP contribution in [0.15, 0.2) is 24.3 Å². The third-order valence-corrected chi connectivity index (χ3v) is 1.86. The van der Waals surface area contributed by atoms with Crippen LogP contribution in [0.25, 0.3) is 0 Å². The van der Waals surface area contributed by atoms with Crippen molar-refractivity contribution >= 4 is 6.29 Å². The normalized spacial score (nSPS) is 9.13. The van der Waals surface area contributed by atoms with Crippen LogP contribution in [-0.2, 0) is 4.79 Å². The molecule has 0 atom stereocenters. The average molecular weight is 210 g/mol. The molecule has 15 heavy (non-hydrogen) atoms. The van der Waals surface area contributed by atoms with Gasteiger partial charge in [-0.3, -0.25) is 4.79 Å². The van der Waals surface area contributed by atoms with Gasteiger partial charge in [0.15, 0.2) is 6.29 Å². The zero-order valence-electron chi connectivity index (χ0n) is 9.43. The van der Waals surface area contributed by atoms with Crippen LogP contribution in [0.4, 0.5) is 0 Å². The predicted molar refractivity (Wildman–Crippen MR) is 60.2 cm³/mol. The summed E-state index contributed by atoms with van der Waals surface area (Å²) in [7, 11) is 1.00. The lowest BCUT2D eigenvalue weighted by Gasteiger charge is -2.06. The van der Waals surface area contributed by atoms with Crippen molar-refractivity contribution in [3.63, 3.8) is 0 Å². The van der Waals surface area contributed by atoms with E-state index in [0.29, 0.717) is 5.92 Å². The quantitative estimate of drug-likeness (QED) is 0.773. The number of aldehydes is 1. The first kappa shape index (κ1) is 13.7. The highest BCUT2D eigenvalue weighted by Gasteiger charge is 1.98. The molecule has 0 aromatic heterocycles. The average Bonchev–Trinajstić information content (AvgIpc) is 2.29. The van der Waals surface area contributed by atoms with Crippen LogP contribution in [0, 0.1) is 0 Å². The highest BCUT2D eigenvalue weighted by molar-refractivity contribution is 5.51. The number of rotatable bonds is 4. The van der Waals surface area contributed by atoms with E-state index >= 15 is 0 Å². The van der Waals surface area contributed by atoms with E-state index in [9.17, 15) is 4.79 Å². The monoisotopic (exact) mass is 210 g/mol. The summed E-state index contributed by atoms with van der Waals surface area (Å²) in [4.78, 5) is 10.0. The topological polar surface area (TPSA) is 46.5 Å². The zero-order chi connectivity index (χ0) is 11.7. The summed E-state index contributed by atoms with van der Waals surface area (Å²) < 4.78 is 5.12. The molecule has 0 radical (unpaired) electrons. The molecular formula is C12H18O3. The number of benzene rings is 1. The molecular weight excluding hydrogens is 192 g/mol. The number of ether oxygens (including phenoxy) is 1. The molecule has 1 aromatic carbocycles. The minimum absolute atomic E-state index is 0.126. The van der Waals surface area contributed by atoms with Gasteiger partial charge in [-0.2, -0.15) is 0 Å². The highest BCUT2D eigenvalue weighted by Crippen LogP contribution is 2.18. The van der Waals surface area contributed by atoms with E-state index < -0.39 is 0 Å². The minimum Gasteiger partial charge on any atom is -0.486 e. The second kappa shape index (κ2) is 8.00. The highest BCUT2D eigenvalue weighted by atomic mass is 16.5. The third-order valence-electron chi connectivity index (χ3n) is 1.86. The van der Waals surface area contributed by atoms with Crippen molar-refractivity contribution in [1.29, 1.82) is 0 Å². The van der Waals surface area contributed by atoms with E-state index in [-0.39, 0.29) is 6.61 Å². The lowest BCUT2D eigenvalue weighted by Crippen LogP contribution is -1.97. The molecule has 84 valence electrons. The van der Waals surface area contributed by atoms with Gasteiger partial charge in [0.1, 0.15) is 12.4 Å². The molecule has 0 aliphatic heterocycles. The smallest absolute Gasteiger partial charge is 0.157 e. The molecule has 0 fully saturated rings. The van der Waals surface area contributed by atoms with Gasteiger partial charge in [-0.25, -0.2) is 0 Å². The third kappa shape index (κ3) is 5.18. The lowest BCUT2D eigenvalue weighted by atomic mass is 10.0. The molecule has 1 aromatic rings. The van der Waals surface area contributed by atoms with Crippen LogP contribution in [0.1, 0.15) is 25.3 Å². The number of aliphatic hydroxyl groups excluding tert-OH is 1. The summed E-state index contributed by atoms with van der Waals surface area (Å²) >= 11 is 0. The Bertz CT molecular complexity index is 265. The van der Waals surface area contributed by atoms with E-state index in [0.717, 1.165) is 19.1 Å². The Morgan fingerprint density at radius 3 is 2.20 bits per heavy atom. The molecule has 0 amide bonds. The van der Waals surface area contributed by atoms with E-state index in [4.69, 9.17) is 9.84 Å². The summed E-state index contributed by atoms with van der Waals surface area (Å²) in [5.74, 6) is 1.27. The summed E-state index contributed by atoms with van der Waals surface area (Å²) in [5.41, 5.74) is 1.28. The first-order valence-corrected chi connectivity index (χ1v) is 4.85. The van der Waals surface area contributed by atoms with Gasteiger partial charge in [0.2, 0.25) is 0 Å². The SMILES string of the molecule is CC(C)c1ccc(OCC=O)cc1.CO. The summed E-state index contributed by atoms with van der Waals surface area (Å²) in [6, 6.07) is 7.81. The fourth-order valence-corrected chi connectivity index (χ4v) is 1.08. The first-order chi connectivity index (χ1) is 7.24. The van der Waals surface area contributed by atoms with Crippen molar-refractivity contribution in [2.75, 3.05) is 13.7 Å². The Labute approximate surface area is 90.7 Å². The number of hydrogen-bond acceptors (Lipinski definition) is 3. The van der Waals surface area contributed by atoms with Crippen molar-refractivity contribution in [2.45, 2.75) is 19.8 Å². The molecule has 3 heteroatoms. The number of carbonyl (C=O) groups excluding carboxylic acids is 1. The second-order valence-corrected chi connectivity index (χ2v) is 3.20. The summed E-state index contributed by atoms with van der Waals surface area (Å²) in [5, 5.41) is 7.00. The number of carbonyl (C=O) groups is 1. The first-order valence-electron chi connectivity index (χ1n) is 4.85. The predicted octanol–water partition coefficient (Wildman–Crippen LogP) is 2.00. The Kier molecular flexibility index (Phi) is 7.28. The van der Waals surface area contributed by atoms with Crippen LogP contribution < -0.4 is 4.74 Å². The van der Waals surface area contributed by atoms with E-state index in [1.165, 1.54) is 5.56 Å². The van der Waals surface area contributed by atoms with Gasteiger partial charge in [0.05, 0.1) is 0 Å². The summed E-state index contributed by atoms with van der Waals surface area (Å²) in [6.07, 6.45) is 0.746. The van der Waals surface area contributed by atoms with Crippen molar-refractivity contribution in [3.8, 4) is 5.75 Å². The molecule has 0 bridgehead atoms. The van der Waals surface area contributed by atoms with Crippen molar-refractivity contribution < 1.29 is 14.6 Å². The van der Waals surface area contributed by atoms with E-state index in [2.05, 4.69) is 13.8 Å². The maximum Gasteiger partial charge on any atom is 0.157 e. The number of aliphatic hydroxyl groups is 1. The molecule has 0 spiro atoms. The van der Waals surface area contributed by atoms with Crippen LogP contribution in [0.2, 0.25) is 0 Å². The van der Waals surface area contributed by atoms with Gasteiger partial charge in [0.25, 0.3) is 0 Å². The van der Waals surface area contributed by atoms with Crippen molar-refractivity contribution in [1.82, 2.24) is 0 Å². The van der Waals surface area contributed by atoms with Gasteiger partial charge in [0, 0.05) is 7.11 Å². The molecule has 0 aliphatic rings. The maximum atomic E-state index is 10.0. The van der Waals surface area contributed by atoms with Crippen LogP contribution in [-0.4, -0.2) is 25.1 Å². The molecule has 3 nitrogen and oxygen atoms in total. The van der Waals surface area contributed by atoms with Crippen LogP contribution in [0.5, 0.6) is 5.75 Å². The molecule has 1 rings (SSSR count). The molecule has 0 unspecified atom stereocenters. The van der Waals surface area contributed by atoms with E-state index in [1.807, 2.05) is 24.3 Å². The largest absolute Gasteiger partial charge is 0.486 e. The van der Waals surface area contributed by atoms with Gasteiger partial charge in [-0.1, -0.05) is 26.0 Å². The fourth-order valence-electron chi connectivity index (χ4n) is 1.08. The minimum atomic E-state index is 0.126. The Balaban J connectivity index is 0.000000921. The van der Waals surface area contributed by atoms with Crippen molar-refractivity contribution in [2.24, 2.45) is 0 Å². The summed E-state index contributed by atoms with van der Waals surface area (Å²) in [6.45, 7) is 4.41. The maximum absolute atomic E-state index is 10.0. The lowest BCUT2D eigenvalue weighted by molar-refractivity contribution is -0.109. The van der Waals surface area contributed by atoms with Gasteiger partial charge >= 0.3 is 0 Å². The Morgan fingerprint density at radius 1 is 1.27 bits per heavy atom. The van der Waals surface area contributed by atoms with Gasteiger partial charge < -0.3 is 9.84 Å². The molecule has 0 aliphatic carbocycles. The van der Waals surface area contributed by atoms with Crippen molar-refractivity contribution in [3.05, 3.63) is 29.8 Å². The Morgan fingerprint density at radius 2 is 1.80 bits per heavy atom. The van der Waals surface area contributed by atoms with Gasteiger partial charge in [-0.15, -0.1) is 0 Å². The zero-order valence-corrected chi connectivity index (χ0v) is 9.43. The molecule has 0 saturated heterocycles. The Hall–Kier alpha value is -1.35. The van der Waals surface area contributed by atoms with Crippen LogP contribution in [0.3, 0.4) is 0 Å². The fraction of sp³-hybridized carbons (Fsp3) is 0.417. The standard InChI is InChI=1S/C11H14O2.CH4O/c1-9(2)10-3-5-11(6-4-10)13-8-7-12;1-2/h3-7,9H,8H2,1-2H3;2H,1H3.